The predicted octanol–water partition coefficient (Wildman–Crippen LogP) is 2.90. The zero-order chi connectivity index (χ0) is 13.2. The smallest absolute Gasteiger partial charge is 0.303 e. The molecule has 3 rings (SSSR count). The second-order valence-corrected chi connectivity index (χ2v) is 5.01. The monoisotopic (exact) mass is 256 g/mol. The number of carboxylic acid groups (broad SMARTS) is 1. The maximum atomic E-state index is 10.6. The van der Waals surface area contributed by atoms with Crippen LogP contribution in [0.2, 0.25) is 0 Å². The van der Waals surface area contributed by atoms with Gasteiger partial charge < -0.3 is 9.67 Å². The Morgan fingerprint density at radius 3 is 3.00 bits per heavy atom. The number of carboxylic acids is 1. The fourth-order valence-electron chi connectivity index (χ4n) is 2.31. The number of imidazole rings is 1. The highest BCUT2D eigenvalue weighted by molar-refractivity contribution is 5.67. The molecule has 19 heavy (non-hydrogen) atoms. The number of aliphatic carboxylic acids is 1. The Bertz CT molecular complexity index is 600. The number of carbonyl (C=O) groups is 1. The first-order chi connectivity index (χ1) is 9.24. The van der Waals surface area contributed by atoms with Gasteiger partial charge >= 0.3 is 5.97 Å². The highest BCUT2D eigenvalue weighted by atomic mass is 16.4. The van der Waals surface area contributed by atoms with E-state index in [0.29, 0.717) is 12.5 Å². The van der Waals surface area contributed by atoms with E-state index >= 15 is 0 Å². The van der Waals surface area contributed by atoms with Crippen molar-refractivity contribution >= 4 is 5.97 Å². The fourth-order valence-corrected chi connectivity index (χ4v) is 2.31. The van der Waals surface area contributed by atoms with Crippen LogP contribution in [-0.2, 0) is 11.2 Å². The summed E-state index contributed by atoms with van der Waals surface area (Å²) in [6.07, 6.45) is 6.96. The number of hydrogen-bond donors (Lipinski definition) is 1. The van der Waals surface area contributed by atoms with E-state index in [2.05, 4.69) is 21.7 Å². The minimum Gasteiger partial charge on any atom is -0.481 e. The molecule has 4 nitrogen and oxygen atoms in total. The average Bonchev–Trinajstić information content (AvgIpc) is 3.14. The zero-order valence-corrected chi connectivity index (χ0v) is 10.6. The van der Waals surface area contributed by atoms with E-state index in [1.165, 1.54) is 12.8 Å². The summed E-state index contributed by atoms with van der Waals surface area (Å²) in [5, 5.41) is 8.74. The van der Waals surface area contributed by atoms with Crippen molar-refractivity contribution < 1.29 is 9.90 Å². The minimum absolute atomic E-state index is 0.172. The molecular weight excluding hydrogens is 240 g/mol. The Hall–Kier alpha value is -2.10. The molecule has 0 bridgehead atoms. The van der Waals surface area contributed by atoms with Crippen molar-refractivity contribution in [2.75, 3.05) is 0 Å². The van der Waals surface area contributed by atoms with E-state index in [-0.39, 0.29) is 6.42 Å². The van der Waals surface area contributed by atoms with Crippen LogP contribution in [0.4, 0.5) is 0 Å². The maximum absolute atomic E-state index is 10.6. The number of aromatic nitrogens is 2. The first-order valence-electron chi connectivity index (χ1n) is 6.57. The van der Waals surface area contributed by atoms with Crippen molar-refractivity contribution in [1.29, 1.82) is 0 Å². The van der Waals surface area contributed by atoms with Crippen molar-refractivity contribution in [3.63, 3.8) is 0 Å². The van der Waals surface area contributed by atoms with Crippen molar-refractivity contribution in [3.8, 4) is 11.3 Å². The van der Waals surface area contributed by atoms with Gasteiger partial charge in [0.15, 0.2) is 0 Å². The first kappa shape index (κ1) is 12.0. The lowest BCUT2D eigenvalue weighted by Crippen LogP contribution is -1.98. The van der Waals surface area contributed by atoms with Gasteiger partial charge in [0.05, 0.1) is 18.2 Å². The molecule has 0 radical (unpaired) electrons. The number of benzene rings is 1. The van der Waals surface area contributed by atoms with Gasteiger partial charge in [-0.25, -0.2) is 4.98 Å². The van der Waals surface area contributed by atoms with E-state index in [1.54, 1.807) is 0 Å². The van der Waals surface area contributed by atoms with Crippen LogP contribution in [0.15, 0.2) is 36.8 Å². The van der Waals surface area contributed by atoms with Gasteiger partial charge in [-0.1, -0.05) is 18.2 Å². The van der Waals surface area contributed by atoms with Gasteiger partial charge in [0.25, 0.3) is 0 Å². The van der Waals surface area contributed by atoms with Gasteiger partial charge in [-0.15, -0.1) is 0 Å². The molecule has 0 amide bonds. The second kappa shape index (κ2) is 4.88. The molecule has 1 aliphatic carbocycles. The van der Waals surface area contributed by atoms with Crippen LogP contribution < -0.4 is 0 Å². The van der Waals surface area contributed by atoms with Crippen molar-refractivity contribution in [1.82, 2.24) is 9.55 Å². The fraction of sp³-hybridized carbons (Fsp3) is 0.333. The van der Waals surface area contributed by atoms with E-state index < -0.39 is 5.97 Å². The third-order valence-corrected chi connectivity index (χ3v) is 3.46. The predicted molar refractivity (Wildman–Crippen MR) is 71.9 cm³/mol. The summed E-state index contributed by atoms with van der Waals surface area (Å²) in [6, 6.07) is 8.68. The van der Waals surface area contributed by atoms with Gasteiger partial charge in [-0.05, 0) is 30.9 Å². The van der Waals surface area contributed by atoms with Crippen LogP contribution in [0, 0.1) is 0 Å². The molecule has 1 aromatic heterocycles. The summed E-state index contributed by atoms with van der Waals surface area (Å²) < 4.78 is 2.22. The Kier molecular flexibility index (Phi) is 3.07. The summed E-state index contributed by atoms with van der Waals surface area (Å²) in [5.74, 6) is -0.756. The molecule has 1 fully saturated rings. The van der Waals surface area contributed by atoms with Gasteiger partial charge in [0.2, 0.25) is 0 Å². The maximum Gasteiger partial charge on any atom is 0.303 e. The van der Waals surface area contributed by atoms with Crippen LogP contribution in [0.25, 0.3) is 11.3 Å². The van der Waals surface area contributed by atoms with E-state index in [9.17, 15) is 4.79 Å². The molecule has 1 saturated carbocycles. The summed E-state index contributed by atoms with van der Waals surface area (Å²) in [4.78, 5) is 14.9. The van der Waals surface area contributed by atoms with Gasteiger partial charge in [-0.2, -0.15) is 0 Å². The molecule has 0 saturated heterocycles. The molecule has 1 aliphatic rings. The zero-order valence-electron chi connectivity index (χ0n) is 10.6. The third-order valence-electron chi connectivity index (χ3n) is 3.46. The largest absolute Gasteiger partial charge is 0.481 e. The van der Waals surface area contributed by atoms with Crippen molar-refractivity contribution in [3.05, 3.63) is 42.4 Å². The third kappa shape index (κ3) is 2.67. The highest BCUT2D eigenvalue weighted by Crippen LogP contribution is 2.38. The van der Waals surface area contributed by atoms with E-state index in [0.717, 1.165) is 16.8 Å². The quantitative estimate of drug-likeness (QED) is 0.894. The van der Waals surface area contributed by atoms with Crippen LogP contribution in [-0.4, -0.2) is 20.6 Å². The first-order valence-corrected chi connectivity index (χ1v) is 6.57. The Morgan fingerprint density at radius 1 is 1.42 bits per heavy atom. The van der Waals surface area contributed by atoms with E-state index in [4.69, 9.17) is 5.11 Å². The van der Waals surface area contributed by atoms with Crippen LogP contribution in [0.3, 0.4) is 0 Å². The molecule has 1 aromatic carbocycles. The highest BCUT2D eigenvalue weighted by Gasteiger charge is 2.25. The molecule has 1 N–H and O–H groups in total. The SMILES string of the molecule is O=C(O)CCc1cccc(-c2cncn2C2CC2)c1. The second-order valence-electron chi connectivity index (χ2n) is 5.01. The Morgan fingerprint density at radius 2 is 2.26 bits per heavy atom. The molecule has 0 unspecified atom stereocenters. The lowest BCUT2D eigenvalue weighted by molar-refractivity contribution is -0.136. The molecule has 1 heterocycles. The minimum atomic E-state index is -0.756. The number of nitrogens with zero attached hydrogens (tertiary/aromatic N) is 2. The number of aryl methyl sites for hydroxylation is 1. The van der Waals surface area contributed by atoms with Crippen LogP contribution >= 0.6 is 0 Å². The molecular formula is C15H16N2O2. The summed E-state index contributed by atoms with van der Waals surface area (Å²) in [7, 11) is 0. The number of rotatable bonds is 5. The standard InChI is InChI=1S/C15H16N2O2/c18-15(19)7-4-11-2-1-3-12(8-11)14-9-16-10-17(14)13-5-6-13/h1-3,8-10,13H,4-7H2,(H,18,19). The average molecular weight is 256 g/mol. The van der Waals surface area contributed by atoms with Crippen LogP contribution in [0.1, 0.15) is 30.9 Å². The summed E-state index contributed by atoms with van der Waals surface area (Å²) in [5.41, 5.74) is 3.30. The molecule has 98 valence electrons. The molecule has 2 aromatic rings. The lowest BCUT2D eigenvalue weighted by Gasteiger charge is -2.08. The van der Waals surface area contributed by atoms with Crippen molar-refractivity contribution in [2.24, 2.45) is 0 Å². The molecule has 0 spiro atoms. The normalized spacial score (nSPS) is 14.5. The topological polar surface area (TPSA) is 55.1 Å². The van der Waals surface area contributed by atoms with Gasteiger partial charge in [0, 0.05) is 18.0 Å². The van der Waals surface area contributed by atoms with Crippen LogP contribution in [0.5, 0.6) is 0 Å². The van der Waals surface area contributed by atoms with Gasteiger partial charge in [-0.3, -0.25) is 4.79 Å². The molecule has 4 heteroatoms. The summed E-state index contributed by atoms with van der Waals surface area (Å²) >= 11 is 0. The van der Waals surface area contributed by atoms with Crippen molar-refractivity contribution in [2.45, 2.75) is 31.7 Å². The summed E-state index contributed by atoms with van der Waals surface area (Å²) in [6.45, 7) is 0. The lowest BCUT2D eigenvalue weighted by atomic mass is 10.0. The van der Waals surface area contributed by atoms with Gasteiger partial charge in [0.1, 0.15) is 0 Å². The Balaban J connectivity index is 1.85. The van der Waals surface area contributed by atoms with E-state index in [1.807, 2.05) is 24.7 Å². The molecule has 0 atom stereocenters. The number of hydrogen-bond acceptors (Lipinski definition) is 2. The molecule has 0 aliphatic heterocycles. The Labute approximate surface area is 111 Å².